The van der Waals surface area contributed by atoms with E-state index in [0.717, 1.165) is 29.3 Å². The first kappa shape index (κ1) is 20.0. The van der Waals surface area contributed by atoms with Crippen LogP contribution in [0.5, 0.6) is 0 Å². The highest BCUT2D eigenvalue weighted by Gasteiger charge is 2.26. The first-order chi connectivity index (χ1) is 13.1. The van der Waals surface area contributed by atoms with E-state index in [-0.39, 0.29) is 5.91 Å². The van der Waals surface area contributed by atoms with E-state index < -0.39 is 0 Å². The van der Waals surface area contributed by atoms with Crippen LogP contribution < -0.4 is 0 Å². The number of hydrogen-bond acceptors (Lipinski definition) is 5. The van der Waals surface area contributed by atoms with Crippen LogP contribution in [0.3, 0.4) is 0 Å². The van der Waals surface area contributed by atoms with Gasteiger partial charge in [0.05, 0.1) is 12.8 Å². The number of hydrogen-bond donors (Lipinski definition) is 0. The smallest absolute Gasteiger partial charge is 0.223 e. The van der Waals surface area contributed by atoms with Gasteiger partial charge in [-0.15, -0.1) is 0 Å². The summed E-state index contributed by atoms with van der Waals surface area (Å²) in [7, 11) is 1.67. The summed E-state index contributed by atoms with van der Waals surface area (Å²) in [5.41, 5.74) is 3.50. The zero-order valence-electron chi connectivity index (χ0n) is 16.4. The van der Waals surface area contributed by atoms with E-state index in [0.29, 0.717) is 37.9 Å². The van der Waals surface area contributed by atoms with Crippen LogP contribution in [-0.2, 0) is 16.0 Å². The third-order valence-corrected chi connectivity index (χ3v) is 6.25. The van der Waals surface area contributed by atoms with Crippen molar-refractivity contribution >= 4 is 17.7 Å². The molecule has 0 radical (unpaired) electrons. The summed E-state index contributed by atoms with van der Waals surface area (Å²) in [4.78, 5) is 19.1. The van der Waals surface area contributed by atoms with E-state index in [1.807, 2.05) is 22.7 Å². The van der Waals surface area contributed by atoms with Gasteiger partial charge in [-0.1, -0.05) is 12.1 Å². The molecule has 1 saturated heterocycles. The van der Waals surface area contributed by atoms with Crippen LogP contribution in [0.25, 0.3) is 11.3 Å². The van der Waals surface area contributed by atoms with Gasteiger partial charge >= 0.3 is 0 Å². The minimum Gasteiger partial charge on any atom is -0.441 e. The molecule has 6 heteroatoms. The lowest BCUT2D eigenvalue weighted by Crippen LogP contribution is -2.42. The number of nitrogens with zero attached hydrogens (tertiary/aromatic N) is 2. The molecule has 0 saturated carbocycles. The van der Waals surface area contributed by atoms with Crippen LogP contribution in [0.1, 0.15) is 29.9 Å². The Morgan fingerprint density at radius 1 is 1.37 bits per heavy atom. The SMILES string of the molecule is COCCN(C(=O)CCc1ncc(-c2ccc(C)c(C)c2)o1)[C@H]1CCSC1. The maximum absolute atomic E-state index is 12.8. The Hall–Kier alpha value is -1.79. The monoisotopic (exact) mass is 388 g/mol. The molecular weight excluding hydrogens is 360 g/mol. The Morgan fingerprint density at radius 2 is 2.22 bits per heavy atom. The van der Waals surface area contributed by atoms with E-state index in [1.54, 1.807) is 13.3 Å². The molecule has 1 amide bonds. The van der Waals surface area contributed by atoms with Crippen molar-refractivity contribution in [3.05, 3.63) is 41.4 Å². The molecular formula is C21H28N2O3S. The molecule has 0 unspecified atom stereocenters. The minimum absolute atomic E-state index is 0.158. The van der Waals surface area contributed by atoms with Crippen LogP contribution >= 0.6 is 11.8 Å². The van der Waals surface area contributed by atoms with Gasteiger partial charge in [0.15, 0.2) is 11.7 Å². The fourth-order valence-electron chi connectivity index (χ4n) is 3.28. The molecule has 1 aromatic heterocycles. The van der Waals surface area contributed by atoms with Crippen LogP contribution in [-0.4, -0.2) is 53.6 Å². The van der Waals surface area contributed by atoms with Crippen LogP contribution in [0.2, 0.25) is 0 Å². The molecule has 2 heterocycles. The van der Waals surface area contributed by atoms with Crippen molar-refractivity contribution in [2.45, 2.75) is 39.2 Å². The number of benzene rings is 1. The molecule has 1 atom stereocenters. The number of amides is 1. The first-order valence-corrected chi connectivity index (χ1v) is 10.6. The fourth-order valence-corrected chi connectivity index (χ4v) is 4.50. The molecule has 1 aliphatic heterocycles. The minimum atomic E-state index is 0.158. The second-order valence-corrected chi connectivity index (χ2v) is 8.16. The molecule has 146 valence electrons. The molecule has 0 N–H and O–H groups in total. The molecule has 1 aromatic carbocycles. The summed E-state index contributed by atoms with van der Waals surface area (Å²) in [5, 5.41) is 0. The number of aryl methyl sites for hydroxylation is 3. The van der Waals surface area contributed by atoms with Crippen LogP contribution in [0, 0.1) is 13.8 Å². The summed E-state index contributed by atoms with van der Waals surface area (Å²) in [5.74, 6) is 3.67. The van der Waals surface area contributed by atoms with Gasteiger partial charge in [0.1, 0.15) is 0 Å². The van der Waals surface area contributed by atoms with Crippen molar-refractivity contribution < 1.29 is 13.9 Å². The Labute approximate surface area is 165 Å². The molecule has 1 fully saturated rings. The lowest BCUT2D eigenvalue weighted by Gasteiger charge is -2.28. The standard InChI is InChI=1S/C21H28N2O3S/c1-15-4-5-17(12-16(15)2)19-13-22-20(26-19)6-7-21(24)23(9-10-25-3)18-8-11-27-14-18/h4-5,12-13,18H,6-11,14H2,1-3H3/t18-/m0/s1. The van der Waals surface area contributed by atoms with E-state index >= 15 is 0 Å². The van der Waals surface area contributed by atoms with E-state index in [2.05, 4.69) is 31.0 Å². The molecule has 5 nitrogen and oxygen atoms in total. The normalized spacial score (nSPS) is 16.6. The van der Waals surface area contributed by atoms with Crippen molar-refractivity contribution in [1.29, 1.82) is 0 Å². The Morgan fingerprint density at radius 3 is 2.93 bits per heavy atom. The van der Waals surface area contributed by atoms with E-state index in [1.165, 1.54) is 11.1 Å². The highest BCUT2D eigenvalue weighted by molar-refractivity contribution is 7.99. The number of aromatic nitrogens is 1. The topological polar surface area (TPSA) is 55.6 Å². The highest BCUT2D eigenvalue weighted by atomic mass is 32.2. The number of thioether (sulfide) groups is 1. The summed E-state index contributed by atoms with van der Waals surface area (Å²) in [6, 6.07) is 6.56. The zero-order chi connectivity index (χ0) is 19.2. The largest absolute Gasteiger partial charge is 0.441 e. The fraction of sp³-hybridized carbons (Fsp3) is 0.524. The molecule has 3 rings (SSSR count). The average Bonchev–Trinajstić information content (AvgIpc) is 3.35. The van der Waals surface area contributed by atoms with Gasteiger partial charge in [0.2, 0.25) is 5.91 Å². The quantitative estimate of drug-likeness (QED) is 0.687. The van der Waals surface area contributed by atoms with Gasteiger partial charge < -0.3 is 14.1 Å². The van der Waals surface area contributed by atoms with Gasteiger partial charge in [-0.2, -0.15) is 11.8 Å². The van der Waals surface area contributed by atoms with Crippen molar-refractivity contribution in [3.8, 4) is 11.3 Å². The number of oxazole rings is 1. The average molecular weight is 389 g/mol. The summed E-state index contributed by atoms with van der Waals surface area (Å²) < 4.78 is 11.1. The molecule has 1 aliphatic rings. The van der Waals surface area contributed by atoms with Gasteiger partial charge in [0, 0.05) is 43.9 Å². The van der Waals surface area contributed by atoms with Crippen molar-refractivity contribution in [2.24, 2.45) is 0 Å². The van der Waals surface area contributed by atoms with Crippen LogP contribution in [0.4, 0.5) is 0 Å². The Kier molecular flexibility index (Phi) is 6.96. The lowest BCUT2D eigenvalue weighted by atomic mass is 10.1. The van der Waals surface area contributed by atoms with Crippen molar-refractivity contribution in [3.63, 3.8) is 0 Å². The second-order valence-electron chi connectivity index (χ2n) is 7.01. The van der Waals surface area contributed by atoms with Crippen molar-refractivity contribution in [2.75, 3.05) is 31.8 Å². The number of carbonyl (C=O) groups is 1. The van der Waals surface area contributed by atoms with Gasteiger partial charge in [0.25, 0.3) is 0 Å². The van der Waals surface area contributed by atoms with Gasteiger partial charge in [-0.05, 0) is 43.2 Å². The lowest BCUT2D eigenvalue weighted by molar-refractivity contribution is -0.133. The predicted octanol–water partition coefficient (Wildman–Crippen LogP) is 3.87. The number of carbonyl (C=O) groups excluding carboxylic acids is 1. The number of methoxy groups -OCH3 is 1. The van der Waals surface area contributed by atoms with Gasteiger partial charge in [-0.25, -0.2) is 4.98 Å². The summed E-state index contributed by atoms with van der Waals surface area (Å²) in [6.45, 7) is 5.41. The van der Waals surface area contributed by atoms with E-state index in [9.17, 15) is 4.79 Å². The molecule has 0 bridgehead atoms. The maximum Gasteiger partial charge on any atom is 0.223 e. The second kappa shape index (κ2) is 9.42. The van der Waals surface area contributed by atoms with Crippen LogP contribution in [0.15, 0.2) is 28.8 Å². The molecule has 0 aliphatic carbocycles. The summed E-state index contributed by atoms with van der Waals surface area (Å²) in [6.07, 6.45) is 3.75. The Bertz CT molecular complexity index is 769. The Balaban J connectivity index is 1.60. The molecule has 2 aromatic rings. The zero-order valence-corrected chi connectivity index (χ0v) is 17.2. The molecule has 27 heavy (non-hydrogen) atoms. The maximum atomic E-state index is 12.8. The van der Waals surface area contributed by atoms with E-state index in [4.69, 9.17) is 9.15 Å². The summed E-state index contributed by atoms with van der Waals surface area (Å²) >= 11 is 1.91. The number of rotatable bonds is 8. The number of ether oxygens (including phenoxy) is 1. The van der Waals surface area contributed by atoms with Gasteiger partial charge in [-0.3, -0.25) is 4.79 Å². The third-order valence-electron chi connectivity index (χ3n) is 5.10. The van der Waals surface area contributed by atoms with Crippen molar-refractivity contribution in [1.82, 2.24) is 9.88 Å². The predicted molar refractivity (Wildman–Crippen MR) is 109 cm³/mol. The first-order valence-electron chi connectivity index (χ1n) is 9.47. The molecule has 0 spiro atoms. The highest BCUT2D eigenvalue weighted by Crippen LogP contribution is 2.25. The third kappa shape index (κ3) is 5.14.